The molecular weight excluding hydrogens is 246 g/mol. The second kappa shape index (κ2) is 5.13. The number of anilines is 1. The molecule has 0 aliphatic rings. The lowest BCUT2D eigenvalue weighted by atomic mass is 10.0. The van der Waals surface area contributed by atoms with E-state index in [9.17, 15) is 0 Å². The molecule has 0 fully saturated rings. The second-order valence-electron chi connectivity index (χ2n) is 4.74. The summed E-state index contributed by atoms with van der Waals surface area (Å²) in [6, 6.07) is 20.6. The summed E-state index contributed by atoms with van der Waals surface area (Å²) >= 11 is 0. The molecule has 0 aliphatic heterocycles. The molecule has 0 bridgehead atoms. The molecule has 3 aromatic rings. The van der Waals surface area contributed by atoms with Crippen LogP contribution in [0.5, 0.6) is 0 Å². The Labute approximate surface area is 118 Å². The monoisotopic (exact) mass is 261 g/mol. The molecule has 98 valence electrons. The van der Waals surface area contributed by atoms with Crippen LogP contribution in [0.15, 0.2) is 60.7 Å². The molecule has 20 heavy (non-hydrogen) atoms. The minimum absolute atomic E-state index is 0.481. The summed E-state index contributed by atoms with van der Waals surface area (Å²) < 4.78 is 0. The third kappa shape index (κ3) is 2.38. The average molecular weight is 261 g/mol. The van der Waals surface area contributed by atoms with Crippen LogP contribution in [0.1, 0.15) is 5.56 Å². The Morgan fingerprint density at radius 2 is 1.35 bits per heavy atom. The van der Waals surface area contributed by atoms with Crippen LogP contribution >= 0.6 is 0 Å². The lowest BCUT2D eigenvalue weighted by Gasteiger charge is -2.05. The number of hydrogen-bond donors (Lipinski definition) is 1. The molecule has 1 aromatic heterocycles. The third-order valence-corrected chi connectivity index (χ3v) is 3.31. The van der Waals surface area contributed by atoms with E-state index in [4.69, 9.17) is 5.73 Å². The van der Waals surface area contributed by atoms with Crippen LogP contribution in [0, 0.1) is 6.92 Å². The molecule has 1 heterocycles. The molecular formula is C17H15N3. The Kier molecular flexibility index (Phi) is 3.17. The van der Waals surface area contributed by atoms with Crippen molar-refractivity contribution in [1.29, 1.82) is 0 Å². The lowest BCUT2D eigenvalue weighted by Crippen LogP contribution is -1.97. The zero-order valence-electron chi connectivity index (χ0n) is 11.2. The van der Waals surface area contributed by atoms with Crippen molar-refractivity contribution in [2.24, 2.45) is 0 Å². The summed E-state index contributed by atoms with van der Waals surface area (Å²) in [4.78, 5) is 0. The van der Waals surface area contributed by atoms with Gasteiger partial charge in [0, 0.05) is 5.56 Å². The quantitative estimate of drug-likeness (QED) is 0.765. The van der Waals surface area contributed by atoms with Gasteiger partial charge in [0.15, 0.2) is 0 Å². The number of rotatable bonds is 2. The maximum absolute atomic E-state index is 5.69. The standard InChI is InChI=1S/C17H15N3/c1-12-11-16(19-20-17(12)18)15-9-7-14(8-10-15)13-5-3-2-4-6-13/h2-11H,1H3,(H2,18,20). The van der Waals surface area contributed by atoms with Crippen LogP contribution in [0.2, 0.25) is 0 Å². The number of benzene rings is 2. The van der Waals surface area contributed by atoms with E-state index in [0.717, 1.165) is 16.8 Å². The molecule has 0 saturated heterocycles. The number of aryl methyl sites for hydroxylation is 1. The van der Waals surface area contributed by atoms with Gasteiger partial charge in [-0.05, 0) is 29.7 Å². The first kappa shape index (κ1) is 12.4. The van der Waals surface area contributed by atoms with Crippen molar-refractivity contribution in [3.05, 3.63) is 66.2 Å². The molecule has 0 amide bonds. The van der Waals surface area contributed by atoms with E-state index >= 15 is 0 Å². The van der Waals surface area contributed by atoms with Crippen molar-refractivity contribution in [3.63, 3.8) is 0 Å². The largest absolute Gasteiger partial charge is 0.382 e. The maximum atomic E-state index is 5.69. The zero-order chi connectivity index (χ0) is 13.9. The first-order chi connectivity index (χ1) is 9.74. The highest BCUT2D eigenvalue weighted by atomic mass is 15.1. The van der Waals surface area contributed by atoms with Gasteiger partial charge in [-0.25, -0.2) is 0 Å². The predicted octanol–water partition coefficient (Wildman–Crippen LogP) is 3.70. The Hall–Kier alpha value is -2.68. The summed E-state index contributed by atoms with van der Waals surface area (Å²) in [7, 11) is 0. The van der Waals surface area contributed by atoms with Gasteiger partial charge in [-0.3, -0.25) is 0 Å². The fraction of sp³-hybridized carbons (Fsp3) is 0.0588. The molecule has 0 saturated carbocycles. The Morgan fingerprint density at radius 1 is 0.750 bits per heavy atom. The van der Waals surface area contributed by atoms with Crippen LogP contribution < -0.4 is 5.73 Å². The minimum Gasteiger partial charge on any atom is -0.382 e. The highest BCUT2D eigenvalue weighted by molar-refractivity contribution is 5.69. The molecule has 3 nitrogen and oxygen atoms in total. The molecule has 2 N–H and O–H groups in total. The fourth-order valence-electron chi connectivity index (χ4n) is 2.10. The molecule has 0 spiro atoms. The van der Waals surface area contributed by atoms with Gasteiger partial charge in [0.25, 0.3) is 0 Å². The smallest absolute Gasteiger partial charge is 0.149 e. The van der Waals surface area contributed by atoms with Crippen molar-refractivity contribution in [2.75, 3.05) is 5.73 Å². The van der Waals surface area contributed by atoms with E-state index in [1.807, 2.05) is 31.2 Å². The van der Waals surface area contributed by atoms with Crippen LogP contribution in [0.3, 0.4) is 0 Å². The number of nitrogens with zero attached hydrogens (tertiary/aromatic N) is 2. The fourth-order valence-corrected chi connectivity index (χ4v) is 2.10. The van der Waals surface area contributed by atoms with Crippen molar-refractivity contribution < 1.29 is 0 Å². The van der Waals surface area contributed by atoms with Gasteiger partial charge in [0.1, 0.15) is 5.82 Å². The van der Waals surface area contributed by atoms with Crippen molar-refractivity contribution in [2.45, 2.75) is 6.92 Å². The van der Waals surface area contributed by atoms with Gasteiger partial charge in [-0.2, -0.15) is 0 Å². The van der Waals surface area contributed by atoms with Crippen LogP contribution in [-0.2, 0) is 0 Å². The van der Waals surface area contributed by atoms with Gasteiger partial charge in [0.2, 0.25) is 0 Å². The highest BCUT2D eigenvalue weighted by Gasteiger charge is 2.04. The van der Waals surface area contributed by atoms with E-state index in [2.05, 4.69) is 46.6 Å². The van der Waals surface area contributed by atoms with Gasteiger partial charge in [0.05, 0.1) is 5.69 Å². The van der Waals surface area contributed by atoms with E-state index in [1.165, 1.54) is 11.1 Å². The Bertz CT molecular complexity index is 719. The molecule has 0 unspecified atom stereocenters. The summed E-state index contributed by atoms with van der Waals surface area (Å²) in [5, 5.41) is 8.10. The first-order valence-corrected chi connectivity index (χ1v) is 6.50. The number of aromatic nitrogens is 2. The molecule has 0 radical (unpaired) electrons. The summed E-state index contributed by atoms with van der Waals surface area (Å²) in [6.45, 7) is 1.94. The Balaban J connectivity index is 1.95. The van der Waals surface area contributed by atoms with Crippen LogP contribution in [-0.4, -0.2) is 10.2 Å². The average Bonchev–Trinajstić information content (AvgIpc) is 2.51. The normalized spacial score (nSPS) is 10.4. The summed E-state index contributed by atoms with van der Waals surface area (Å²) in [6.07, 6.45) is 0. The van der Waals surface area contributed by atoms with E-state index in [0.29, 0.717) is 5.82 Å². The summed E-state index contributed by atoms with van der Waals surface area (Å²) in [5.41, 5.74) is 10.9. The topological polar surface area (TPSA) is 51.8 Å². The minimum atomic E-state index is 0.481. The van der Waals surface area contributed by atoms with E-state index in [1.54, 1.807) is 0 Å². The van der Waals surface area contributed by atoms with Gasteiger partial charge < -0.3 is 5.73 Å². The molecule has 0 aliphatic carbocycles. The highest BCUT2D eigenvalue weighted by Crippen LogP contribution is 2.24. The van der Waals surface area contributed by atoms with Crippen molar-refractivity contribution >= 4 is 5.82 Å². The number of hydrogen-bond acceptors (Lipinski definition) is 3. The second-order valence-corrected chi connectivity index (χ2v) is 4.74. The molecule has 3 heteroatoms. The van der Waals surface area contributed by atoms with Crippen molar-refractivity contribution in [1.82, 2.24) is 10.2 Å². The zero-order valence-corrected chi connectivity index (χ0v) is 11.2. The molecule has 0 atom stereocenters. The number of nitrogens with two attached hydrogens (primary N) is 1. The van der Waals surface area contributed by atoms with Gasteiger partial charge in [-0.15, -0.1) is 10.2 Å². The summed E-state index contributed by atoms with van der Waals surface area (Å²) in [5.74, 6) is 0.481. The van der Waals surface area contributed by atoms with Crippen LogP contribution in [0.25, 0.3) is 22.4 Å². The third-order valence-electron chi connectivity index (χ3n) is 3.31. The maximum Gasteiger partial charge on any atom is 0.149 e. The SMILES string of the molecule is Cc1cc(-c2ccc(-c3ccccc3)cc2)nnc1N. The van der Waals surface area contributed by atoms with Crippen LogP contribution in [0.4, 0.5) is 5.82 Å². The van der Waals surface area contributed by atoms with Gasteiger partial charge in [-0.1, -0.05) is 54.6 Å². The molecule has 3 rings (SSSR count). The molecule has 2 aromatic carbocycles. The van der Waals surface area contributed by atoms with E-state index in [-0.39, 0.29) is 0 Å². The van der Waals surface area contributed by atoms with Crippen molar-refractivity contribution in [3.8, 4) is 22.4 Å². The Morgan fingerprint density at radius 3 is 2.00 bits per heavy atom. The van der Waals surface area contributed by atoms with E-state index < -0.39 is 0 Å². The first-order valence-electron chi connectivity index (χ1n) is 6.50. The lowest BCUT2D eigenvalue weighted by molar-refractivity contribution is 1.03. The predicted molar refractivity (Wildman–Crippen MR) is 82.1 cm³/mol. The number of nitrogen functional groups attached to an aromatic ring is 1. The van der Waals surface area contributed by atoms with Gasteiger partial charge >= 0.3 is 0 Å².